The summed E-state index contributed by atoms with van der Waals surface area (Å²) in [5, 5.41) is 0. The number of hydrogen-bond donors (Lipinski definition) is 0. The third-order valence-corrected chi connectivity index (χ3v) is 12.0. The van der Waals surface area contributed by atoms with Crippen LogP contribution in [0.15, 0.2) is 12.2 Å². The normalized spacial score (nSPS) is 23.4. The van der Waals surface area contributed by atoms with Crippen molar-refractivity contribution >= 4 is 17.8 Å². The Balaban J connectivity index is 2.10. The molecule has 0 aromatic rings. The van der Waals surface area contributed by atoms with E-state index in [0.29, 0.717) is 0 Å². The second kappa shape index (κ2) is 7.41. The highest BCUT2D eigenvalue weighted by atomic mass is 32.4. The fourth-order valence-electron chi connectivity index (χ4n) is 4.07. The van der Waals surface area contributed by atoms with Crippen LogP contribution >= 0.6 is 6.04 Å². The Morgan fingerprint density at radius 3 is 1.74 bits per heavy atom. The number of rotatable bonds is 5. The van der Waals surface area contributed by atoms with Crippen molar-refractivity contribution in [2.45, 2.75) is 88.9 Å². The second-order valence-electron chi connectivity index (χ2n) is 6.87. The largest absolute Gasteiger partial charge is 0.100 e. The molecule has 110 valence electrons. The van der Waals surface area contributed by atoms with Gasteiger partial charge in [-0.25, -0.2) is 0 Å². The Labute approximate surface area is 125 Å². The average Bonchev–Trinajstić information content (AvgIpc) is 2.46. The molecule has 0 radical (unpaired) electrons. The van der Waals surface area contributed by atoms with Gasteiger partial charge in [-0.3, -0.25) is 0 Å². The van der Waals surface area contributed by atoms with Crippen molar-refractivity contribution in [1.29, 1.82) is 0 Å². The summed E-state index contributed by atoms with van der Waals surface area (Å²) in [6.45, 7) is 6.30. The van der Waals surface area contributed by atoms with Gasteiger partial charge >= 0.3 is 0 Å². The Kier molecular flexibility index (Phi) is 6.15. The van der Waals surface area contributed by atoms with E-state index in [1.807, 2.05) is 0 Å². The van der Waals surface area contributed by atoms with Gasteiger partial charge in [-0.15, -0.1) is 6.58 Å². The van der Waals surface area contributed by atoms with E-state index in [1.54, 1.807) is 0 Å². The summed E-state index contributed by atoms with van der Waals surface area (Å²) in [6.07, 6.45) is 17.0. The highest BCUT2D eigenvalue weighted by Crippen LogP contribution is 2.63. The van der Waals surface area contributed by atoms with Gasteiger partial charge in [-0.05, 0) is 62.5 Å². The van der Waals surface area contributed by atoms with Gasteiger partial charge in [0.25, 0.3) is 0 Å². The maximum absolute atomic E-state index is 6.43. The topological polar surface area (TPSA) is 0 Å². The van der Waals surface area contributed by atoms with Gasteiger partial charge in [0, 0.05) is 0 Å². The highest BCUT2D eigenvalue weighted by molar-refractivity contribution is 8.15. The van der Waals surface area contributed by atoms with Gasteiger partial charge in [-0.1, -0.05) is 55.9 Å². The zero-order valence-electron chi connectivity index (χ0n) is 12.7. The van der Waals surface area contributed by atoms with Crippen LogP contribution in [0.2, 0.25) is 0 Å². The van der Waals surface area contributed by atoms with Crippen LogP contribution in [0.5, 0.6) is 0 Å². The molecular formula is C17H31PS. The first-order valence-electron chi connectivity index (χ1n) is 8.36. The first-order valence-corrected chi connectivity index (χ1v) is 11.5. The Hall–Kier alpha value is 0.390. The lowest BCUT2D eigenvalue weighted by Gasteiger charge is -2.41. The van der Waals surface area contributed by atoms with E-state index in [0.717, 1.165) is 11.3 Å². The molecule has 0 aliphatic heterocycles. The molecule has 2 aliphatic carbocycles. The second-order valence-corrected chi connectivity index (χ2v) is 12.5. The molecule has 0 N–H and O–H groups in total. The molecule has 0 aromatic carbocycles. The quantitative estimate of drug-likeness (QED) is 0.436. The Morgan fingerprint density at radius 1 is 0.947 bits per heavy atom. The van der Waals surface area contributed by atoms with Crippen molar-refractivity contribution < 1.29 is 0 Å². The van der Waals surface area contributed by atoms with Gasteiger partial charge in [0.1, 0.15) is 0 Å². The van der Waals surface area contributed by atoms with E-state index in [1.165, 1.54) is 82.4 Å². The third-order valence-electron chi connectivity index (χ3n) is 5.27. The zero-order valence-corrected chi connectivity index (χ0v) is 14.4. The Bertz CT molecular complexity index is 313. The molecule has 0 unspecified atom stereocenters. The maximum atomic E-state index is 6.43. The summed E-state index contributed by atoms with van der Waals surface area (Å²) >= 11 is 6.43. The van der Waals surface area contributed by atoms with E-state index < -0.39 is 6.04 Å². The highest BCUT2D eigenvalue weighted by Gasteiger charge is 2.36. The van der Waals surface area contributed by atoms with Crippen LogP contribution in [0.1, 0.15) is 77.6 Å². The third kappa shape index (κ3) is 4.18. The molecule has 2 aliphatic rings. The van der Waals surface area contributed by atoms with Gasteiger partial charge in [0.05, 0.1) is 0 Å². The molecule has 2 rings (SSSR count). The lowest BCUT2D eigenvalue weighted by Crippen LogP contribution is -2.25. The summed E-state index contributed by atoms with van der Waals surface area (Å²) in [7, 11) is 0. The molecule has 2 fully saturated rings. The van der Waals surface area contributed by atoms with Crippen molar-refractivity contribution in [1.82, 2.24) is 0 Å². The van der Waals surface area contributed by atoms with Crippen molar-refractivity contribution in [3.63, 3.8) is 0 Å². The molecule has 2 saturated carbocycles. The molecule has 2 heteroatoms. The lowest BCUT2D eigenvalue weighted by molar-refractivity contribution is 0.483. The predicted molar refractivity (Wildman–Crippen MR) is 92.3 cm³/mol. The molecule has 0 atom stereocenters. The number of hydrogen-bond acceptors (Lipinski definition) is 1. The minimum atomic E-state index is -1.15. The van der Waals surface area contributed by atoms with Crippen molar-refractivity contribution in [2.75, 3.05) is 6.16 Å². The summed E-state index contributed by atoms with van der Waals surface area (Å²) in [5.74, 6) is 0. The molecule has 0 saturated heterocycles. The summed E-state index contributed by atoms with van der Waals surface area (Å²) < 4.78 is 0. The fraction of sp³-hybridized carbons (Fsp3) is 0.882. The van der Waals surface area contributed by atoms with Crippen LogP contribution < -0.4 is 0 Å². The van der Waals surface area contributed by atoms with Gasteiger partial charge < -0.3 is 0 Å². The van der Waals surface area contributed by atoms with Gasteiger partial charge in [0.15, 0.2) is 0 Å². The minimum Gasteiger partial charge on any atom is -0.100 e. The van der Waals surface area contributed by atoms with Gasteiger partial charge in [-0.2, -0.15) is 0 Å². The first kappa shape index (κ1) is 15.8. The zero-order chi connectivity index (χ0) is 13.7. The molecule has 0 bridgehead atoms. The van der Waals surface area contributed by atoms with Crippen molar-refractivity contribution in [2.24, 2.45) is 0 Å². The van der Waals surface area contributed by atoms with Crippen LogP contribution in [0.4, 0.5) is 0 Å². The summed E-state index contributed by atoms with van der Waals surface area (Å²) in [5.41, 5.74) is 3.21. The lowest BCUT2D eigenvalue weighted by atomic mass is 9.99. The van der Waals surface area contributed by atoms with Crippen LogP contribution in [-0.2, 0) is 11.8 Å². The van der Waals surface area contributed by atoms with E-state index in [-0.39, 0.29) is 0 Å². The summed E-state index contributed by atoms with van der Waals surface area (Å²) in [4.78, 5) is 0. The van der Waals surface area contributed by atoms with Crippen molar-refractivity contribution in [3.05, 3.63) is 12.2 Å². The van der Waals surface area contributed by atoms with Crippen LogP contribution in [0.3, 0.4) is 0 Å². The molecule has 0 nitrogen and oxygen atoms in total. The minimum absolute atomic E-state index is 0.929. The molecule has 0 spiro atoms. The van der Waals surface area contributed by atoms with Crippen LogP contribution in [0.25, 0.3) is 0 Å². The molecule has 19 heavy (non-hydrogen) atoms. The standard InChI is InChI=1S/C17H31PS/c1-15(2)13-14-18(19,16-9-5-3-6-10-16)17-11-7-4-8-12-17/h16-17H,1,3-14H2,2H3. The van der Waals surface area contributed by atoms with Crippen molar-refractivity contribution in [3.8, 4) is 0 Å². The molecular weight excluding hydrogens is 267 g/mol. The number of allylic oxidation sites excluding steroid dienone is 1. The van der Waals surface area contributed by atoms with Crippen LogP contribution in [0, 0.1) is 0 Å². The maximum Gasteiger partial charge on any atom is -0.0116 e. The van der Waals surface area contributed by atoms with E-state index in [4.69, 9.17) is 11.8 Å². The Morgan fingerprint density at radius 2 is 1.37 bits per heavy atom. The smallest absolute Gasteiger partial charge is 0.0116 e. The average molecular weight is 298 g/mol. The molecule has 0 heterocycles. The SMILES string of the molecule is C=C(C)CCP(=S)(C1CCCCC1)C1CCCCC1. The fourth-order valence-corrected chi connectivity index (χ4v) is 10.1. The van der Waals surface area contributed by atoms with Gasteiger partial charge in [0.2, 0.25) is 0 Å². The van der Waals surface area contributed by atoms with E-state index in [2.05, 4.69) is 13.5 Å². The predicted octanol–water partition coefficient (Wildman–Crippen LogP) is 6.10. The van der Waals surface area contributed by atoms with E-state index >= 15 is 0 Å². The molecule has 0 amide bonds. The molecule has 0 aromatic heterocycles. The first-order chi connectivity index (χ1) is 9.13. The monoisotopic (exact) mass is 298 g/mol. The summed E-state index contributed by atoms with van der Waals surface area (Å²) in [6, 6.07) is -1.15. The van der Waals surface area contributed by atoms with E-state index in [9.17, 15) is 0 Å². The van der Waals surface area contributed by atoms with Crippen LogP contribution in [-0.4, -0.2) is 17.5 Å².